The predicted molar refractivity (Wildman–Crippen MR) is 73.2 cm³/mol. The Hall–Kier alpha value is -0.450. The molecule has 0 aliphatic heterocycles. The number of aliphatic hydroxyl groups is 1. The Labute approximate surface area is 108 Å². The molecule has 0 fully saturated rings. The average molecular weight is 257 g/mol. The molecule has 0 aromatic carbocycles. The van der Waals surface area contributed by atoms with Crippen molar-refractivity contribution < 1.29 is 9.52 Å². The molecule has 4 heteroatoms. The minimum absolute atomic E-state index is 0.173. The monoisotopic (exact) mass is 257 g/mol. The largest absolute Gasteiger partial charge is 0.468 e. The summed E-state index contributed by atoms with van der Waals surface area (Å²) in [6.45, 7) is 7.38. The fraction of sp³-hybridized carbons (Fsp3) is 0.692. The van der Waals surface area contributed by atoms with Gasteiger partial charge in [-0.3, -0.25) is 0 Å². The molecule has 0 radical (unpaired) electrons. The van der Waals surface area contributed by atoms with E-state index in [2.05, 4.69) is 26.1 Å². The van der Waals surface area contributed by atoms with Crippen LogP contribution in [0.15, 0.2) is 22.8 Å². The quantitative estimate of drug-likeness (QED) is 0.751. The second kappa shape index (κ2) is 7.09. The van der Waals surface area contributed by atoms with Gasteiger partial charge in [-0.25, -0.2) is 0 Å². The van der Waals surface area contributed by atoms with Crippen LogP contribution in [0, 0.1) is 0 Å². The first kappa shape index (κ1) is 14.6. The SMILES string of the molecule is CCNC(C)(CO)CC(C)SCc1ccco1. The van der Waals surface area contributed by atoms with Crippen molar-refractivity contribution in [3.63, 3.8) is 0 Å². The molecule has 2 N–H and O–H groups in total. The highest BCUT2D eigenvalue weighted by Gasteiger charge is 2.24. The number of hydrogen-bond acceptors (Lipinski definition) is 4. The van der Waals surface area contributed by atoms with Gasteiger partial charge in [0.15, 0.2) is 0 Å². The van der Waals surface area contributed by atoms with E-state index in [0.717, 1.165) is 24.5 Å². The van der Waals surface area contributed by atoms with Crippen LogP contribution < -0.4 is 5.32 Å². The number of nitrogens with one attached hydrogen (secondary N) is 1. The summed E-state index contributed by atoms with van der Waals surface area (Å²) in [5, 5.41) is 13.3. The molecule has 1 heterocycles. The second-order valence-electron chi connectivity index (χ2n) is 4.65. The third kappa shape index (κ3) is 5.15. The maximum Gasteiger partial charge on any atom is 0.113 e. The van der Waals surface area contributed by atoms with Gasteiger partial charge in [0.1, 0.15) is 5.76 Å². The van der Waals surface area contributed by atoms with Crippen LogP contribution in [0.2, 0.25) is 0 Å². The second-order valence-corrected chi connectivity index (χ2v) is 6.08. The maximum absolute atomic E-state index is 9.43. The molecule has 1 rings (SSSR count). The van der Waals surface area contributed by atoms with Crippen LogP contribution in [0.5, 0.6) is 0 Å². The molecule has 0 bridgehead atoms. The van der Waals surface area contributed by atoms with Gasteiger partial charge in [-0.2, -0.15) is 11.8 Å². The Bertz CT molecular complexity index is 302. The van der Waals surface area contributed by atoms with Gasteiger partial charge in [-0.15, -0.1) is 0 Å². The van der Waals surface area contributed by atoms with Crippen LogP contribution in [0.3, 0.4) is 0 Å². The van der Waals surface area contributed by atoms with Crippen LogP contribution in [0.4, 0.5) is 0 Å². The van der Waals surface area contributed by atoms with Gasteiger partial charge in [-0.1, -0.05) is 13.8 Å². The summed E-state index contributed by atoms with van der Waals surface area (Å²) in [6.07, 6.45) is 2.65. The van der Waals surface area contributed by atoms with Crippen LogP contribution in [-0.2, 0) is 5.75 Å². The standard InChI is InChI=1S/C13H23NO2S/c1-4-14-13(3,10-15)8-11(2)17-9-12-6-5-7-16-12/h5-7,11,14-15H,4,8-10H2,1-3H3. The van der Waals surface area contributed by atoms with E-state index in [1.807, 2.05) is 23.9 Å². The average Bonchev–Trinajstić information content (AvgIpc) is 2.79. The van der Waals surface area contributed by atoms with E-state index in [1.165, 1.54) is 0 Å². The van der Waals surface area contributed by atoms with E-state index >= 15 is 0 Å². The highest BCUT2D eigenvalue weighted by atomic mass is 32.2. The molecule has 0 saturated heterocycles. The van der Waals surface area contributed by atoms with Crippen LogP contribution in [0.1, 0.15) is 33.0 Å². The molecule has 98 valence electrons. The number of hydrogen-bond donors (Lipinski definition) is 2. The summed E-state index contributed by atoms with van der Waals surface area (Å²) in [6, 6.07) is 3.91. The molecular formula is C13H23NO2S. The van der Waals surface area contributed by atoms with E-state index in [4.69, 9.17) is 4.42 Å². The number of thioether (sulfide) groups is 1. The molecule has 0 aliphatic carbocycles. The first-order valence-electron chi connectivity index (χ1n) is 6.09. The molecule has 0 aliphatic rings. The lowest BCUT2D eigenvalue weighted by Crippen LogP contribution is -2.47. The van der Waals surface area contributed by atoms with Crippen molar-refractivity contribution in [2.24, 2.45) is 0 Å². The minimum atomic E-state index is -0.176. The topological polar surface area (TPSA) is 45.4 Å². The van der Waals surface area contributed by atoms with E-state index in [1.54, 1.807) is 6.26 Å². The lowest BCUT2D eigenvalue weighted by Gasteiger charge is -2.31. The van der Waals surface area contributed by atoms with Crippen molar-refractivity contribution in [3.8, 4) is 0 Å². The minimum Gasteiger partial charge on any atom is -0.468 e. The molecule has 17 heavy (non-hydrogen) atoms. The summed E-state index contributed by atoms with van der Waals surface area (Å²) in [7, 11) is 0. The van der Waals surface area contributed by atoms with Gasteiger partial charge in [0.05, 0.1) is 18.6 Å². The van der Waals surface area contributed by atoms with E-state index in [-0.39, 0.29) is 12.1 Å². The molecule has 2 atom stereocenters. The number of rotatable bonds is 8. The molecule has 3 nitrogen and oxygen atoms in total. The number of likely N-dealkylation sites (N-methyl/N-ethyl adjacent to an activating group) is 1. The Morgan fingerprint density at radius 3 is 2.88 bits per heavy atom. The fourth-order valence-corrected chi connectivity index (χ4v) is 3.03. The van der Waals surface area contributed by atoms with Crippen LogP contribution in [-0.4, -0.2) is 29.0 Å². The molecular weight excluding hydrogens is 234 g/mol. The van der Waals surface area contributed by atoms with Gasteiger partial charge < -0.3 is 14.8 Å². The van der Waals surface area contributed by atoms with Gasteiger partial charge in [0.25, 0.3) is 0 Å². The Morgan fingerprint density at radius 2 is 2.35 bits per heavy atom. The zero-order valence-electron chi connectivity index (χ0n) is 10.9. The molecule has 0 saturated carbocycles. The first-order valence-corrected chi connectivity index (χ1v) is 7.14. The van der Waals surface area contributed by atoms with Crippen molar-refractivity contribution in [1.82, 2.24) is 5.32 Å². The Morgan fingerprint density at radius 1 is 1.59 bits per heavy atom. The van der Waals surface area contributed by atoms with Crippen molar-refractivity contribution in [2.75, 3.05) is 13.2 Å². The summed E-state index contributed by atoms with van der Waals surface area (Å²) >= 11 is 1.86. The van der Waals surface area contributed by atoms with Crippen molar-refractivity contribution >= 4 is 11.8 Å². The highest BCUT2D eigenvalue weighted by molar-refractivity contribution is 7.99. The summed E-state index contributed by atoms with van der Waals surface area (Å²) in [5.41, 5.74) is -0.176. The lowest BCUT2D eigenvalue weighted by atomic mass is 9.97. The summed E-state index contributed by atoms with van der Waals surface area (Å²) < 4.78 is 5.30. The third-order valence-corrected chi connectivity index (χ3v) is 3.97. The molecule has 2 unspecified atom stereocenters. The van der Waals surface area contributed by atoms with Gasteiger partial charge in [0, 0.05) is 10.8 Å². The van der Waals surface area contributed by atoms with Crippen LogP contribution in [0.25, 0.3) is 0 Å². The summed E-state index contributed by atoms with van der Waals surface area (Å²) in [5.74, 6) is 1.90. The third-order valence-electron chi connectivity index (χ3n) is 2.78. The fourth-order valence-electron chi connectivity index (χ4n) is 1.93. The van der Waals surface area contributed by atoms with Gasteiger partial charge in [-0.05, 0) is 32.0 Å². The van der Waals surface area contributed by atoms with Gasteiger partial charge >= 0.3 is 0 Å². The number of aliphatic hydroxyl groups excluding tert-OH is 1. The normalized spacial score (nSPS) is 16.7. The van der Waals surface area contributed by atoms with E-state index < -0.39 is 0 Å². The predicted octanol–water partition coefficient (Wildman–Crippen LogP) is 2.65. The molecule has 0 amide bonds. The lowest BCUT2D eigenvalue weighted by molar-refractivity contribution is 0.168. The van der Waals surface area contributed by atoms with Crippen molar-refractivity contribution in [1.29, 1.82) is 0 Å². The molecule has 1 aromatic heterocycles. The Kier molecular flexibility index (Phi) is 6.09. The van der Waals surface area contributed by atoms with Crippen molar-refractivity contribution in [3.05, 3.63) is 24.2 Å². The van der Waals surface area contributed by atoms with Gasteiger partial charge in [0.2, 0.25) is 0 Å². The summed E-state index contributed by atoms with van der Waals surface area (Å²) in [4.78, 5) is 0. The number of furan rings is 1. The highest BCUT2D eigenvalue weighted by Crippen LogP contribution is 2.25. The van der Waals surface area contributed by atoms with Crippen molar-refractivity contribution in [2.45, 2.75) is 43.7 Å². The van der Waals surface area contributed by atoms with Crippen LogP contribution >= 0.6 is 11.8 Å². The zero-order chi connectivity index (χ0) is 12.7. The van der Waals surface area contributed by atoms with E-state index in [0.29, 0.717) is 5.25 Å². The molecule has 0 spiro atoms. The van der Waals surface area contributed by atoms with E-state index in [9.17, 15) is 5.11 Å². The maximum atomic E-state index is 9.43. The molecule has 1 aromatic rings. The smallest absolute Gasteiger partial charge is 0.113 e. The zero-order valence-corrected chi connectivity index (χ0v) is 11.7. The first-order chi connectivity index (χ1) is 8.09. The Balaban J connectivity index is 2.34.